The summed E-state index contributed by atoms with van der Waals surface area (Å²) in [6, 6.07) is 4.48. The number of alkyl halides is 3. The minimum atomic E-state index is -4.48. The lowest BCUT2D eigenvalue weighted by Gasteiger charge is -2.06. The smallest absolute Gasteiger partial charge is 0.385 e. The number of rotatable bonds is 0. The second-order valence-electron chi connectivity index (χ2n) is 2.79. The van der Waals surface area contributed by atoms with Crippen molar-refractivity contribution in [2.45, 2.75) is 6.18 Å². The van der Waals surface area contributed by atoms with E-state index in [0.717, 1.165) is 10.6 Å². The average molecular weight is 201 g/mol. The van der Waals surface area contributed by atoms with Gasteiger partial charge in [0.2, 0.25) is 5.82 Å². The van der Waals surface area contributed by atoms with Crippen LogP contribution in [-0.2, 0) is 6.18 Å². The maximum atomic E-state index is 12.4. The van der Waals surface area contributed by atoms with Crippen LogP contribution >= 0.6 is 0 Å². The molecule has 0 aliphatic rings. The van der Waals surface area contributed by atoms with Crippen molar-refractivity contribution in [3.63, 3.8) is 0 Å². The molecule has 0 unspecified atom stereocenters. The number of hydrogen-bond donors (Lipinski definition) is 1. The predicted molar refractivity (Wildman–Crippen MR) is 44.6 cm³/mol. The van der Waals surface area contributed by atoms with Gasteiger partial charge in [-0.05, 0) is 12.1 Å². The Hall–Kier alpha value is -1.72. The number of fused-ring (bicyclic) bond motifs is 1. The monoisotopic (exact) mass is 201 g/mol. The van der Waals surface area contributed by atoms with Gasteiger partial charge in [-0.3, -0.25) is 4.40 Å². The summed E-state index contributed by atoms with van der Waals surface area (Å²) in [5.74, 6) is -0.974. The molecule has 0 aliphatic heterocycles. The lowest BCUT2D eigenvalue weighted by atomic mass is 10.4. The van der Waals surface area contributed by atoms with E-state index < -0.39 is 12.0 Å². The predicted octanol–water partition coefficient (Wildman–Crippen LogP) is 1.94. The van der Waals surface area contributed by atoms with Gasteiger partial charge in [-0.25, -0.2) is 4.98 Å². The molecule has 2 N–H and O–H groups in total. The highest BCUT2D eigenvalue weighted by Crippen LogP contribution is 2.29. The van der Waals surface area contributed by atoms with E-state index in [2.05, 4.69) is 4.98 Å². The molecule has 0 bridgehead atoms. The number of nitrogen functional groups attached to an aromatic ring is 1. The lowest BCUT2D eigenvalue weighted by Crippen LogP contribution is -2.12. The molecular formula is C8H6F3N3. The van der Waals surface area contributed by atoms with E-state index >= 15 is 0 Å². The quantitative estimate of drug-likeness (QED) is 0.707. The molecule has 0 fully saturated rings. The fraction of sp³-hybridized carbons (Fsp3) is 0.125. The van der Waals surface area contributed by atoms with E-state index in [1.807, 2.05) is 0 Å². The van der Waals surface area contributed by atoms with Crippen molar-refractivity contribution in [2.75, 3.05) is 5.73 Å². The van der Waals surface area contributed by atoms with Crippen LogP contribution in [0.3, 0.4) is 0 Å². The highest BCUT2D eigenvalue weighted by molar-refractivity contribution is 5.53. The molecule has 0 aromatic carbocycles. The molecule has 0 saturated heterocycles. The minimum Gasteiger partial charge on any atom is -0.385 e. The van der Waals surface area contributed by atoms with Crippen molar-refractivity contribution in [3.05, 3.63) is 30.2 Å². The average Bonchev–Trinajstić information content (AvgIpc) is 2.47. The van der Waals surface area contributed by atoms with Crippen LogP contribution in [0.5, 0.6) is 0 Å². The van der Waals surface area contributed by atoms with Crippen molar-refractivity contribution >= 4 is 11.3 Å². The first kappa shape index (κ1) is 8.86. The van der Waals surface area contributed by atoms with Crippen LogP contribution < -0.4 is 5.73 Å². The Morgan fingerprint density at radius 1 is 1.29 bits per heavy atom. The second-order valence-corrected chi connectivity index (χ2v) is 2.79. The fourth-order valence-corrected chi connectivity index (χ4v) is 1.27. The van der Waals surface area contributed by atoms with Crippen molar-refractivity contribution in [2.24, 2.45) is 0 Å². The van der Waals surface area contributed by atoms with Gasteiger partial charge in [-0.1, -0.05) is 6.07 Å². The third-order valence-corrected chi connectivity index (χ3v) is 1.83. The Labute approximate surface area is 77.0 Å². The maximum absolute atomic E-state index is 12.4. The van der Waals surface area contributed by atoms with Gasteiger partial charge >= 0.3 is 6.18 Å². The zero-order chi connectivity index (χ0) is 10.3. The van der Waals surface area contributed by atoms with Crippen LogP contribution in [0.25, 0.3) is 5.52 Å². The summed E-state index contributed by atoms with van der Waals surface area (Å²) in [5, 5.41) is 0. The van der Waals surface area contributed by atoms with E-state index in [9.17, 15) is 13.2 Å². The number of anilines is 1. The standard InChI is InChI=1S/C8H6F3N3/c9-8(10,11)7-13-4-5-2-1-3-6(12)14(5)7/h1-4H,12H2. The number of hydrogen-bond acceptors (Lipinski definition) is 2. The Kier molecular flexibility index (Phi) is 1.67. The van der Waals surface area contributed by atoms with E-state index in [-0.39, 0.29) is 5.82 Å². The summed E-state index contributed by atoms with van der Waals surface area (Å²) in [6.45, 7) is 0. The lowest BCUT2D eigenvalue weighted by molar-refractivity contribution is -0.145. The van der Waals surface area contributed by atoms with Crippen LogP contribution in [0.4, 0.5) is 19.0 Å². The molecule has 2 aromatic heterocycles. The molecule has 0 atom stereocenters. The molecule has 0 radical (unpaired) electrons. The van der Waals surface area contributed by atoms with Crippen LogP contribution in [0.2, 0.25) is 0 Å². The fourth-order valence-electron chi connectivity index (χ4n) is 1.27. The van der Waals surface area contributed by atoms with E-state index in [1.54, 1.807) is 6.07 Å². The zero-order valence-corrected chi connectivity index (χ0v) is 6.92. The van der Waals surface area contributed by atoms with Crippen molar-refractivity contribution in [1.82, 2.24) is 9.38 Å². The molecule has 2 heterocycles. The van der Waals surface area contributed by atoms with E-state index in [4.69, 9.17) is 5.73 Å². The van der Waals surface area contributed by atoms with Gasteiger partial charge in [0.15, 0.2) is 0 Å². The molecule has 0 saturated carbocycles. The summed E-state index contributed by atoms with van der Waals surface area (Å²) in [5.41, 5.74) is 5.75. The van der Waals surface area contributed by atoms with Gasteiger partial charge in [0.25, 0.3) is 0 Å². The van der Waals surface area contributed by atoms with Crippen LogP contribution in [-0.4, -0.2) is 9.38 Å². The Bertz CT molecular complexity index is 472. The first-order chi connectivity index (χ1) is 6.50. The number of aromatic nitrogens is 2. The number of pyridine rings is 1. The van der Waals surface area contributed by atoms with Crippen molar-refractivity contribution in [1.29, 1.82) is 0 Å². The molecule has 0 aliphatic carbocycles. The third-order valence-electron chi connectivity index (χ3n) is 1.83. The van der Waals surface area contributed by atoms with Gasteiger partial charge in [-0.15, -0.1) is 0 Å². The van der Waals surface area contributed by atoms with Gasteiger partial charge in [-0.2, -0.15) is 13.2 Å². The molecule has 0 spiro atoms. The largest absolute Gasteiger partial charge is 0.450 e. The summed E-state index contributed by atoms with van der Waals surface area (Å²) in [6.07, 6.45) is -3.35. The molecule has 3 nitrogen and oxygen atoms in total. The third kappa shape index (κ3) is 1.19. The van der Waals surface area contributed by atoms with E-state index in [0.29, 0.717) is 5.52 Å². The minimum absolute atomic E-state index is 0.0207. The second kappa shape index (κ2) is 2.63. The molecule has 2 aromatic rings. The molecular weight excluding hydrogens is 195 g/mol. The van der Waals surface area contributed by atoms with Crippen molar-refractivity contribution < 1.29 is 13.2 Å². The first-order valence-corrected chi connectivity index (χ1v) is 3.79. The van der Waals surface area contributed by atoms with Gasteiger partial charge in [0.05, 0.1) is 11.7 Å². The summed E-state index contributed by atoms with van der Waals surface area (Å²) < 4.78 is 38.1. The summed E-state index contributed by atoms with van der Waals surface area (Å²) in [4.78, 5) is 3.29. The Morgan fingerprint density at radius 3 is 2.64 bits per heavy atom. The highest BCUT2D eigenvalue weighted by atomic mass is 19.4. The molecule has 74 valence electrons. The topological polar surface area (TPSA) is 43.3 Å². The van der Waals surface area contributed by atoms with Crippen LogP contribution in [0, 0.1) is 0 Å². The maximum Gasteiger partial charge on any atom is 0.450 e. The Morgan fingerprint density at radius 2 is 2.00 bits per heavy atom. The highest BCUT2D eigenvalue weighted by Gasteiger charge is 2.36. The van der Waals surface area contributed by atoms with Crippen molar-refractivity contribution in [3.8, 4) is 0 Å². The summed E-state index contributed by atoms with van der Waals surface area (Å²) >= 11 is 0. The number of halogens is 3. The van der Waals surface area contributed by atoms with E-state index in [1.165, 1.54) is 12.1 Å². The SMILES string of the molecule is Nc1cccc2cnc(C(F)(F)F)n12. The number of nitrogens with zero attached hydrogens (tertiary/aromatic N) is 2. The zero-order valence-electron chi connectivity index (χ0n) is 6.92. The number of nitrogens with two attached hydrogens (primary N) is 1. The molecule has 6 heteroatoms. The van der Waals surface area contributed by atoms with Crippen LogP contribution in [0.15, 0.2) is 24.4 Å². The Balaban J connectivity index is 2.80. The molecule has 14 heavy (non-hydrogen) atoms. The summed E-state index contributed by atoms with van der Waals surface area (Å²) in [7, 11) is 0. The molecule has 2 rings (SSSR count). The van der Waals surface area contributed by atoms with Gasteiger partial charge < -0.3 is 5.73 Å². The van der Waals surface area contributed by atoms with Gasteiger partial charge in [0, 0.05) is 0 Å². The number of imidazole rings is 1. The van der Waals surface area contributed by atoms with Crippen LogP contribution in [0.1, 0.15) is 5.82 Å². The normalized spacial score (nSPS) is 12.2. The first-order valence-electron chi connectivity index (χ1n) is 3.79. The van der Waals surface area contributed by atoms with Gasteiger partial charge in [0.1, 0.15) is 5.82 Å². The molecule has 0 amide bonds.